The van der Waals surface area contributed by atoms with Crippen molar-refractivity contribution in [3.63, 3.8) is 0 Å². The average Bonchev–Trinajstić information content (AvgIpc) is 1.87. The molecule has 0 saturated heterocycles. The molecule has 0 aliphatic rings. The Labute approximate surface area is 59.0 Å². The molecule has 5 nitrogen and oxygen atoms in total. The van der Waals surface area contributed by atoms with E-state index in [2.05, 4.69) is 15.5 Å². The zero-order valence-corrected chi connectivity index (χ0v) is 5.96. The second kappa shape index (κ2) is 4.49. The van der Waals surface area contributed by atoms with Crippen LogP contribution in [0.4, 0.5) is 0 Å². The molecule has 0 unspecified atom stereocenters. The predicted molar refractivity (Wildman–Crippen MR) is 39.9 cm³/mol. The molecule has 0 aliphatic carbocycles. The summed E-state index contributed by atoms with van der Waals surface area (Å²) in [5, 5.41) is 3.46. The fraction of sp³-hybridized carbons (Fsp3) is 0.400. The van der Waals surface area contributed by atoms with E-state index in [4.69, 9.17) is 5.73 Å². The first-order valence-corrected chi connectivity index (χ1v) is 2.68. The van der Waals surface area contributed by atoms with Crippen LogP contribution in [-0.2, 0) is 4.79 Å². The maximum absolute atomic E-state index is 10.2. The van der Waals surface area contributed by atoms with Crippen LogP contribution in [0, 0.1) is 0 Å². The lowest BCUT2D eigenvalue weighted by Gasteiger charge is -1.93. The normalized spacial score (nSPS) is 12.0. The molecule has 0 atom stereocenters. The third-order valence-corrected chi connectivity index (χ3v) is 0.666. The van der Waals surface area contributed by atoms with Crippen molar-refractivity contribution in [2.75, 3.05) is 7.05 Å². The average molecular weight is 142 g/mol. The van der Waals surface area contributed by atoms with Gasteiger partial charge in [-0.05, 0) is 0 Å². The summed E-state index contributed by atoms with van der Waals surface area (Å²) in [6.07, 6.45) is 1.12. The van der Waals surface area contributed by atoms with Crippen molar-refractivity contribution in [3.8, 4) is 0 Å². The minimum Gasteiger partial charge on any atom is -0.369 e. The first kappa shape index (κ1) is 8.61. The van der Waals surface area contributed by atoms with Crippen LogP contribution in [0.15, 0.2) is 10.1 Å². The Hall–Kier alpha value is -1.39. The lowest BCUT2D eigenvalue weighted by Crippen LogP contribution is -2.27. The minimum absolute atomic E-state index is 0.142. The second-order valence-electron chi connectivity index (χ2n) is 1.59. The number of hydrogen-bond acceptors (Lipinski definition) is 3. The summed E-state index contributed by atoms with van der Waals surface area (Å²) in [5.41, 5.74) is 7.51. The highest BCUT2D eigenvalue weighted by Gasteiger charge is 1.83. The van der Waals surface area contributed by atoms with Gasteiger partial charge in [-0.1, -0.05) is 0 Å². The summed E-state index contributed by atoms with van der Waals surface area (Å²) < 4.78 is 0. The largest absolute Gasteiger partial charge is 0.369 e. The minimum atomic E-state index is -0.142. The van der Waals surface area contributed by atoms with Crippen LogP contribution in [-0.4, -0.2) is 25.0 Å². The molecule has 5 heteroatoms. The summed E-state index contributed by atoms with van der Waals surface area (Å²) >= 11 is 0. The van der Waals surface area contributed by atoms with Gasteiger partial charge >= 0.3 is 0 Å². The first-order chi connectivity index (χ1) is 4.66. The van der Waals surface area contributed by atoms with Crippen LogP contribution in [0.1, 0.15) is 6.92 Å². The highest BCUT2D eigenvalue weighted by atomic mass is 16.1. The van der Waals surface area contributed by atoms with Crippen LogP contribution < -0.4 is 11.2 Å². The van der Waals surface area contributed by atoms with E-state index in [-0.39, 0.29) is 11.7 Å². The van der Waals surface area contributed by atoms with Gasteiger partial charge in [0.05, 0.1) is 6.21 Å². The van der Waals surface area contributed by atoms with Crippen molar-refractivity contribution < 1.29 is 4.79 Å². The fourth-order valence-corrected chi connectivity index (χ4v) is 0.239. The van der Waals surface area contributed by atoms with Crippen molar-refractivity contribution in [1.29, 1.82) is 0 Å². The van der Waals surface area contributed by atoms with Crippen molar-refractivity contribution in [3.05, 3.63) is 0 Å². The van der Waals surface area contributed by atoms with Crippen molar-refractivity contribution in [1.82, 2.24) is 5.43 Å². The van der Waals surface area contributed by atoms with E-state index in [9.17, 15) is 4.79 Å². The number of hydrazone groups is 1. The van der Waals surface area contributed by atoms with E-state index in [1.54, 1.807) is 0 Å². The lowest BCUT2D eigenvalue weighted by atomic mass is 10.5. The molecule has 0 heterocycles. The monoisotopic (exact) mass is 142 g/mol. The molecule has 0 amide bonds. The topological polar surface area (TPSA) is 79.8 Å². The molecule has 0 aromatic rings. The number of carbonyl (C=O) groups is 1. The molecule has 0 aromatic carbocycles. The number of aliphatic imine (C=N–C) groups is 1. The zero-order valence-electron chi connectivity index (χ0n) is 5.96. The zero-order chi connectivity index (χ0) is 7.98. The van der Waals surface area contributed by atoms with Crippen molar-refractivity contribution >= 4 is 18.0 Å². The Morgan fingerprint density at radius 1 is 1.70 bits per heavy atom. The van der Waals surface area contributed by atoms with Crippen molar-refractivity contribution in [2.24, 2.45) is 15.8 Å². The number of nitrogens with zero attached hydrogens (tertiary/aromatic N) is 2. The van der Waals surface area contributed by atoms with Gasteiger partial charge in [-0.2, -0.15) is 5.10 Å². The van der Waals surface area contributed by atoms with Gasteiger partial charge in [-0.3, -0.25) is 9.79 Å². The summed E-state index contributed by atoms with van der Waals surface area (Å²) in [6.45, 7) is 1.39. The van der Waals surface area contributed by atoms with Gasteiger partial charge in [-0.25, -0.2) is 5.43 Å². The maximum atomic E-state index is 10.2. The first-order valence-electron chi connectivity index (χ1n) is 2.68. The highest BCUT2D eigenvalue weighted by Crippen LogP contribution is 1.61. The Bertz CT molecular complexity index is 172. The lowest BCUT2D eigenvalue weighted by molar-refractivity contribution is -0.110. The number of guanidine groups is 1. The number of carbonyl (C=O) groups excluding carboxylic acids is 1. The van der Waals surface area contributed by atoms with Gasteiger partial charge in [-0.15, -0.1) is 0 Å². The molecule has 0 radical (unpaired) electrons. The van der Waals surface area contributed by atoms with Crippen LogP contribution in [0.5, 0.6) is 0 Å². The van der Waals surface area contributed by atoms with E-state index in [0.29, 0.717) is 0 Å². The maximum Gasteiger partial charge on any atom is 0.209 e. The molecular weight excluding hydrogens is 132 g/mol. The Kier molecular flexibility index (Phi) is 3.86. The number of Topliss-reactive ketones (excluding diaryl/α,β-unsaturated/α-hetero) is 1. The Balaban J connectivity index is 3.64. The standard InChI is InChI=1S/C5H10N4O/c1-4(10)3-8-9-5(6)7-2/h3H,1-2H3,(H3,6,7,9). The van der Waals surface area contributed by atoms with E-state index in [1.807, 2.05) is 0 Å². The summed E-state index contributed by atoms with van der Waals surface area (Å²) in [6, 6.07) is 0. The van der Waals surface area contributed by atoms with Crippen LogP contribution in [0.25, 0.3) is 0 Å². The highest BCUT2D eigenvalue weighted by molar-refractivity contribution is 6.26. The smallest absolute Gasteiger partial charge is 0.209 e. The molecule has 0 bridgehead atoms. The van der Waals surface area contributed by atoms with E-state index < -0.39 is 0 Å². The van der Waals surface area contributed by atoms with Gasteiger partial charge < -0.3 is 5.73 Å². The molecule has 0 rings (SSSR count). The molecular formula is C5H10N4O. The number of nitrogens with one attached hydrogen (secondary N) is 1. The quantitative estimate of drug-likeness (QED) is 0.298. The molecule has 0 aliphatic heterocycles. The summed E-state index contributed by atoms with van der Waals surface area (Å²) in [4.78, 5) is 13.8. The third-order valence-electron chi connectivity index (χ3n) is 0.666. The van der Waals surface area contributed by atoms with E-state index >= 15 is 0 Å². The van der Waals surface area contributed by atoms with E-state index in [1.165, 1.54) is 14.0 Å². The number of ketones is 1. The number of nitrogens with two attached hydrogens (primary N) is 1. The summed E-state index contributed by atoms with van der Waals surface area (Å²) in [5.74, 6) is 0.0360. The molecule has 0 fully saturated rings. The molecule has 56 valence electrons. The van der Waals surface area contributed by atoms with Gasteiger partial charge in [0.15, 0.2) is 5.78 Å². The molecule has 3 N–H and O–H groups in total. The SMILES string of the molecule is CN=C(N)NN=CC(C)=O. The molecule has 0 saturated carbocycles. The van der Waals surface area contributed by atoms with Crippen LogP contribution in [0.2, 0.25) is 0 Å². The van der Waals surface area contributed by atoms with Crippen LogP contribution >= 0.6 is 0 Å². The Morgan fingerprint density at radius 2 is 2.30 bits per heavy atom. The van der Waals surface area contributed by atoms with Gasteiger partial charge in [0.1, 0.15) is 0 Å². The van der Waals surface area contributed by atoms with Gasteiger partial charge in [0.25, 0.3) is 0 Å². The molecule has 0 aromatic heterocycles. The second-order valence-corrected chi connectivity index (χ2v) is 1.59. The predicted octanol–water partition coefficient (Wildman–Crippen LogP) is -0.905. The van der Waals surface area contributed by atoms with Crippen molar-refractivity contribution in [2.45, 2.75) is 6.92 Å². The van der Waals surface area contributed by atoms with E-state index in [0.717, 1.165) is 6.21 Å². The molecule has 0 spiro atoms. The van der Waals surface area contributed by atoms with Crippen LogP contribution in [0.3, 0.4) is 0 Å². The third kappa shape index (κ3) is 4.76. The van der Waals surface area contributed by atoms with Gasteiger partial charge in [0, 0.05) is 14.0 Å². The number of hydrogen-bond donors (Lipinski definition) is 2. The van der Waals surface area contributed by atoms with Gasteiger partial charge in [0.2, 0.25) is 5.96 Å². The molecule has 10 heavy (non-hydrogen) atoms. The number of rotatable bonds is 2. The fourth-order valence-electron chi connectivity index (χ4n) is 0.239. The summed E-state index contributed by atoms with van der Waals surface area (Å²) in [7, 11) is 1.52. The Morgan fingerprint density at radius 3 is 2.70 bits per heavy atom.